The van der Waals surface area contributed by atoms with Crippen molar-refractivity contribution in [3.63, 3.8) is 0 Å². The Kier molecular flexibility index (Phi) is 2.98. The van der Waals surface area contributed by atoms with Gasteiger partial charge in [0.05, 0.1) is 0 Å². The van der Waals surface area contributed by atoms with Crippen molar-refractivity contribution in [1.82, 2.24) is 0 Å². The van der Waals surface area contributed by atoms with Gasteiger partial charge >= 0.3 is 5.97 Å². The van der Waals surface area contributed by atoms with Crippen LogP contribution in [-0.2, 0) is 0 Å². The molecule has 0 spiro atoms. The summed E-state index contributed by atoms with van der Waals surface area (Å²) in [5, 5.41) is 8.92. The lowest BCUT2D eigenvalue weighted by atomic mass is 10.1. The third-order valence-electron chi connectivity index (χ3n) is 2.43. The van der Waals surface area contributed by atoms with Crippen molar-refractivity contribution in [1.29, 1.82) is 0 Å². The van der Waals surface area contributed by atoms with Gasteiger partial charge in [-0.3, -0.25) is 0 Å². The molecule has 2 rings (SSSR count). The fourth-order valence-corrected chi connectivity index (χ4v) is 2.74. The number of carboxylic acid groups (broad SMARTS) is 1. The summed E-state index contributed by atoms with van der Waals surface area (Å²) in [5.74, 6) is -1.25. The van der Waals surface area contributed by atoms with Gasteiger partial charge in [0.15, 0.2) is 0 Å². The van der Waals surface area contributed by atoms with Crippen LogP contribution in [0.4, 0.5) is 4.39 Å². The summed E-state index contributed by atoms with van der Waals surface area (Å²) in [6.07, 6.45) is 0. The van der Waals surface area contributed by atoms with E-state index in [0.29, 0.717) is 0 Å². The lowest BCUT2D eigenvalue weighted by Gasteiger charge is -2.02. The van der Waals surface area contributed by atoms with Crippen LogP contribution in [-0.4, -0.2) is 11.1 Å². The Morgan fingerprint density at radius 2 is 1.94 bits per heavy atom. The average Bonchev–Trinajstić information content (AvgIpc) is 2.59. The standard InChI is InChI=1S/C13H11FO2S/c1-7-3-9(6-10(14)4-7)12-8(2)5-11(17-12)13(15)16/h3-6H,1-2H3,(H,15,16). The van der Waals surface area contributed by atoms with Crippen LogP contribution in [0, 0.1) is 19.7 Å². The molecule has 2 aromatic rings. The first kappa shape index (κ1) is 11.8. The van der Waals surface area contributed by atoms with E-state index in [1.807, 2.05) is 19.9 Å². The number of carbonyl (C=O) groups is 1. The second kappa shape index (κ2) is 4.30. The van der Waals surface area contributed by atoms with Crippen molar-refractivity contribution >= 4 is 17.3 Å². The van der Waals surface area contributed by atoms with Gasteiger partial charge in [-0.2, -0.15) is 0 Å². The molecule has 1 heterocycles. The van der Waals surface area contributed by atoms with E-state index in [4.69, 9.17) is 5.11 Å². The number of thiophene rings is 1. The summed E-state index contributed by atoms with van der Waals surface area (Å²) in [6.45, 7) is 3.64. The van der Waals surface area contributed by atoms with Gasteiger partial charge in [-0.1, -0.05) is 6.07 Å². The Hall–Kier alpha value is -1.68. The van der Waals surface area contributed by atoms with Gasteiger partial charge < -0.3 is 5.11 Å². The van der Waals surface area contributed by atoms with E-state index in [1.165, 1.54) is 23.5 Å². The molecule has 0 amide bonds. The van der Waals surface area contributed by atoms with E-state index in [1.54, 1.807) is 6.07 Å². The largest absolute Gasteiger partial charge is 0.477 e. The molecule has 0 unspecified atom stereocenters. The number of benzene rings is 1. The smallest absolute Gasteiger partial charge is 0.345 e. The van der Waals surface area contributed by atoms with Crippen molar-refractivity contribution in [2.45, 2.75) is 13.8 Å². The molecule has 0 radical (unpaired) electrons. The summed E-state index contributed by atoms with van der Waals surface area (Å²) in [4.78, 5) is 12.0. The molecule has 0 aliphatic rings. The van der Waals surface area contributed by atoms with Crippen LogP contribution < -0.4 is 0 Å². The zero-order valence-electron chi connectivity index (χ0n) is 9.45. The van der Waals surface area contributed by atoms with E-state index in [-0.39, 0.29) is 10.7 Å². The van der Waals surface area contributed by atoms with Crippen LogP contribution in [0.1, 0.15) is 20.8 Å². The van der Waals surface area contributed by atoms with E-state index >= 15 is 0 Å². The predicted molar refractivity (Wildman–Crippen MR) is 66.1 cm³/mol. The SMILES string of the molecule is Cc1cc(F)cc(-c2sc(C(=O)O)cc2C)c1. The molecular formula is C13H11FO2S. The third-order valence-corrected chi connectivity index (χ3v) is 3.71. The summed E-state index contributed by atoms with van der Waals surface area (Å²) in [6, 6.07) is 6.35. The maximum Gasteiger partial charge on any atom is 0.345 e. The molecule has 0 aliphatic carbocycles. The lowest BCUT2D eigenvalue weighted by molar-refractivity contribution is 0.0702. The monoisotopic (exact) mass is 250 g/mol. The minimum absolute atomic E-state index is 0.277. The quantitative estimate of drug-likeness (QED) is 0.878. The fourth-order valence-electron chi connectivity index (χ4n) is 1.74. The molecule has 17 heavy (non-hydrogen) atoms. The number of aromatic carboxylic acids is 1. The number of hydrogen-bond acceptors (Lipinski definition) is 2. The zero-order chi connectivity index (χ0) is 12.6. The van der Waals surface area contributed by atoms with Gasteiger partial charge in [-0.15, -0.1) is 11.3 Å². The van der Waals surface area contributed by atoms with Gasteiger partial charge in [0.25, 0.3) is 0 Å². The van der Waals surface area contributed by atoms with E-state index in [0.717, 1.165) is 21.6 Å². The number of aryl methyl sites for hydroxylation is 2. The molecule has 0 fully saturated rings. The van der Waals surface area contributed by atoms with Crippen molar-refractivity contribution in [2.75, 3.05) is 0 Å². The molecule has 0 aliphatic heterocycles. The van der Waals surface area contributed by atoms with Crippen LogP contribution in [0.5, 0.6) is 0 Å². The highest BCUT2D eigenvalue weighted by molar-refractivity contribution is 7.17. The molecule has 2 nitrogen and oxygen atoms in total. The molecule has 1 aromatic carbocycles. The summed E-state index contributed by atoms with van der Waals surface area (Å²) >= 11 is 1.17. The highest BCUT2D eigenvalue weighted by atomic mass is 32.1. The Morgan fingerprint density at radius 1 is 1.24 bits per heavy atom. The topological polar surface area (TPSA) is 37.3 Å². The highest BCUT2D eigenvalue weighted by Gasteiger charge is 2.13. The highest BCUT2D eigenvalue weighted by Crippen LogP contribution is 2.33. The Labute approximate surface area is 102 Å². The van der Waals surface area contributed by atoms with Crippen molar-refractivity contribution in [3.8, 4) is 10.4 Å². The first-order valence-corrected chi connectivity index (χ1v) is 5.90. The summed E-state index contributed by atoms with van der Waals surface area (Å²) in [7, 11) is 0. The summed E-state index contributed by atoms with van der Waals surface area (Å²) in [5.41, 5.74) is 2.42. The molecule has 4 heteroatoms. The number of carboxylic acids is 1. The number of rotatable bonds is 2. The first-order valence-electron chi connectivity index (χ1n) is 5.08. The maximum absolute atomic E-state index is 13.3. The van der Waals surface area contributed by atoms with E-state index in [9.17, 15) is 9.18 Å². The van der Waals surface area contributed by atoms with Gasteiger partial charge in [-0.05, 0) is 48.7 Å². The third kappa shape index (κ3) is 2.36. The Morgan fingerprint density at radius 3 is 2.47 bits per heavy atom. The predicted octanol–water partition coefficient (Wildman–Crippen LogP) is 3.87. The van der Waals surface area contributed by atoms with Crippen LogP contribution in [0.3, 0.4) is 0 Å². The van der Waals surface area contributed by atoms with Crippen LogP contribution >= 0.6 is 11.3 Å². The van der Waals surface area contributed by atoms with Crippen molar-refractivity contribution < 1.29 is 14.3 Å². The van der Waals surface area contributed by atoms with Gasteiger partial charge in [0.1, 0.15) is 10.7 Å². The van der Waals surface area contributed by atoms with Crippen LogP contribution in [0.15, 0.2) is 24.3 Å². The number of halogens is 1. The summed E-state index contributed by atoms with van der Waals surface area (Å²) < 4.78 is 13.3. The molecule has 0 atom stereocenters. The molecule has 0 saturated heterocycles. The Bertz CT molecular complexity index is 567. The van der Waals surface area contributed by atoms with Crippen LogP contribution in [0.2, 0.25) is 0 Å². The molecule has 0 saturated carbocycles. The minimum Gasteiger partial charge on any atom is -0.477 e. The second-order valence-electron chi connectivity index (χ2n) is 3.95. The molecule has 1 aromatic heterocycles. The normalized spacial score (nSPS) is 10.5. The van der Waals surface area contributed by atoms with Crippen molar-refractivity contribution in [3.05, 3.63) is 46.1 Å². The molecule has 1 N–H and O–H groups in total. The molecular weight excluding hydrogens is 239 g/mol. The zero-order valence-corrected chi connectivity index (χ0v) is 10.3. The van der Waals surface area contributed by atoms with Gasteiger partial charge in [-0.25, -0.2) is 9.18 Å². The molecule has 88 valence electrons. The van der Waals surface area contributed by atoms with Gasteiger partial charge in [0.2, 0.25) is 0 Å². The first-order chi connectivity index (χ1) is 7.97. The minimum atomic E-state index is -0.947. The van der Waals surface area contributed by atoms with Crippen LogP contribution in [0.25, 0.3) is 10.4 Å². The maximum atomic E-state index is 13.3. The number of hydrogen-bond donors (Lipinski definition) is 1. The van der Waals surface area contributed by atoms with Crippen molar-refractivity contribution in [2.24, 2.45) is 0 Å². The van der Waals surface area contributed by atoms with Gasteiger partial charge in [0, 0.05) is 4.88 Å². The Balaban J connectivity index is 2.56. The molecule has 0 bridgehead atoms. The second-order valence-corrected chi connectivity index (χ2v) is 5.00. The van der Waals surface area contributed by atoms with E-state index < -0.39 is 5.97 Å². The fraction of sp³-hybridized carbons (Fsp3) is 0.154. The lowest BCUT2D eigenvalue weighted by Crippen LogP contribution is -1.89. The van der Waals surface area contributed by atoms with E-state index in [2.05, 4.69) is 0 Å². The average molecular weight is 250 g/mol.